The number of Topliss-reactive ketones (excluding diaryl/α,β-unsaturated/α-hetero) is 1. The molecule has 0 amide bonds. The van der Waals surface area contributed by atoms with Crippen LogP contribution < -0.4 is 10.5 Å². The summed E-state index contributed by atoms with van der Waals surface area (Å²) in [5.41, 5.74) is 8.77. The number of carbonyl (C=O) groups excluding carboxylic acids is 1. The highest BCUT2D eigenvalue weighted by Gasteiger charge is 2.14. The van der Waals surface area contributed by atoms with Crippen LogP contribution in [-0.4, -0.2) is 27.8 Å². The largest absolute Gasteiger partial charge is 0.496 e. The van der Waals surface area contributed by atoms with Gasteiger partial charge in [-0.05, 0) is 25.0 Å². The van der Waals surface area contributed by atoms with Crippen molar-refractivity contribution in [2.75, 3.05) is 7.11 Å². The van der Waals surface area contributed by atoms with Gasteiger partial charge >= 0.3 is 0 Å². The summed E-state index contributed by atoms with van der Waals surface area (Å²) in [6, 6.07) is 9.65. The number of benzene rings is 1. The molecular weight excluding hydrogens is 352 g/mol. The lowest BCUT2D eigenvalue weighted by Gasteiger charge is -2.09. The van der Waals surface area contributed by atoms with Crippen molar-refractivity contribution in [2.24, 2.45) is 5.73 Å². The molecule has 0 spiro atoms. The second-order valence-corrected chi connectivity index (χ2v) is 7.01. The van der Waals surface area contributed by atoms with Crippen molar-refractivity contribution in [1.29, 1.82) is 0 Å². The maximum absolute atomic E-state index is 11.3. The Morgan fingerprint density at radius 1 is 1.25 bits per heavy atom. The SMILES string of the molecule is CCC(=O)CCCCC[C@H](N)c1ncc(-c2cc(OC)c3ccccc3n2)[nH]1. The Kier molecular flexibility index (Phi) is 6.76. The minimum atomic E-state index is -0.155. The normalized spacial score (nSPS) is 12.2. The number of fused-ring (bicyclic) bond motifs is 1. The molecule has 148 valence electrons. The number of aromatic nitrogens is 3. The van der Waals surface area contributed by atoms with Crippen molar-refractivity contribution in [3.63, 3.8) is 0 Å². The summed E-state index contributed by atoms with van der Waals surface area (Å²) < 4.78 is 5.52. The summed E-state index contributed by atoms with van der Waals surface area (Å²) in [5.74, 6) is 1.87. The summed E-state index contributed by atoms with van der Waals surface area (Å²) in [5, 5.41) is 0.978. The number of para-hydroxylation sites is 1. The number of hydrogen-bond acceptors (Lipinski definition) is 5. The number of pyridine rings is 1. The Morgan fingerprint density at radius 3 is 2.86 bits per heavy atom. The molecule has 3 aromatic rings. The van der Waals surface area contributed by atoms with E-state index in [1.165, 1.54) is 0 Å². The molecule has 6 nitrogen and oxygen atoms in total. The van der Waals surface area contributed by atoms with Gasteiger partial charge in [-0.3, -0.25) is 4.79 Å². The first-order chi connectivity index (χ1) is 13.6. The van der Waals surface area contributed by atoms with Crippen molar-refractivity contribution in [1.82, 2.24) is 15.0 Å². The van der Waals surface area contributed by atoms with Gasteiger partial charge in [0.1, 0.15) is 17.4 Å². The molecule has 0 fully saturated rings. The van der Waals surface area contributed by atoms with Crippen molar-refractivity contribution in [3.8, 4) is 17.1 Å². The summed E-state index contributed by atoms with van der Waals surface area (Å²) in [4.78, 5) is 23.8. The van der Waals surface area contributed by atoms with Gasteiger partial charge in [-0.1, -0.05) is 31.9 Å². The molecule has 0 unspecified atom stereocenters. The van der Waals surface area contributed by atoms with E-state index in [1.54, 1.807) is 13.3 Å². The van der Waals surface area contributed by atoms with Crippen LogP contribution in [0.2, 0.25) is 0 Å². The van der Waals surface area contributed by atoms with Crippen LogP contribution in [0.5, 0.6) is 5.75 Å². The molecule has 3 N–H and O–H groups in total. The first-order valence-corrected chi connectivity index (χ1v) is 9.88. The summed E-state index contributed by atoms with van der Waals surface area (Å²) in [7, 11) is 1.66. The average molecular weight is 380 g/mol. The summed E-state index contributed by atoms with van der Waals surface area (Å²) in [6.07, 6.45) is 6.83. The maximum Gasteiger partial charge on any atom is 0.132 e. The molecule has 0 saturated carbocycles. The number of nitrogens with two attached hydrogens (primary N) is 1. The third-order valence-electron chi connectivity index (χ3n) is 4.99. The molecule has 28 heavy (non-hydrogen) atoms. The Bertz CT molecular complexity index is 935. The number of methoxy groups -OCH3 is 1. The van der Waals surface area contributed by atoms with Crippen molar-refractivity contribution in [2.45, 2.75) is 51.5 Å². The minimum Gasteiger partial charge on any atom is -0.496 e. The van der Waals surface area contributed by atoms with Gasteiger partial charge in [0, 0.05) is 24.3 Å². The van der Waals surface area contributed by atoms with Crippen molar-refractivity contribution >= 4 is 16.7 Å². The zero-order valence-electron chi connectivity index (χ0n) is 16.6. The van der Waals surface area contributed by atoms with E-state index in [1.807, 2.05) is 37.3 Å². The van der Waals surface area contributed by atoms with Crippen LogP contribution in [0, 0.1) is 0 Å². The van der Waals surface area contributed by atoms with E-state index >= 15 is 0 Å². The second-order valence-electron chi connectivity index (χ2n) is 7.01. The number of rotatable bonds is 10. The van der Waals surface area contributed by atoms with Crippen LogP contribution in [0.25, 0.3) is 22.3 Å². The molecule has 3 rings (SSSR count). The number of hydrogen-bond donors (Lipinski definition) is 2. The van der Waals surface area contributed by atoms with Gasteiger partial charge in [-0.15, -0.1) is 0 Å². The van der Waals surface area contributed by atoms with Crippen molar-refractivity contribution < 1.29 is 9.53 Å². The van der Waals surface area contributed by atoms with E-state index in [0.717, 1.165) is 59.5 Å². The average Bonchev–Trinajstić information content (AvgIpc) is 3.22. The van der Waals surface area contributed by atoms with Crippen LogP contribution in [-0.2, 0) is 4.79 Å². The van der Waals surface area contributed by atoms with Gasteiger partial charge in [0.05, 0.1) is 36.3 Å². The monoisotopic (exact) mass is 380 g/mol. The number of nitrogens with one attached hydrogen (secondary N) is 1. The van der Waals surface area contributed by atoms with Crippen LogP contribution in [0.15, 0.2) is 36.5 Å². The van der Waals surface area contributed by atoms with Gasteiger partial charge in [0.25, 0.3) is 0 Å². The predicted octanol–water partition coefficient (Wildman–Crippen LogP) is 4.56. The Balaban J connectivity index is 1.65. The molecule has 2 heterocycles. The van der Waals surface area contributed by atoms with E-state index in [4.69, 9.17) is 15.5 Å². The number of imidazole rings is 1. The fourth-order valence-corrected chi connectivity index (χ4v) is 3.28. The molecule has 0 radical (unpaired) electrons. The molecule has 0 aliphatic rings. The summed E-state index contributed by atoms with van der Waals surface area (Å²) in [6.45, 7) is 1.91. The number of carbonyl (C=O) groups is 1. The molecular formula is C22H28N4O2. The molecule has 6 heteroatoms. The molecule has 0 aliphatic heterocycles. The van der Waals surface area contributed by atoms with Gasteiger partial charge in [-0.2, -0.15) is 0 Å². The van der Waals surface area contributed by atoms with Crippen LogP contribution >= 0.6 is 0 Å². The van der Waals surface area contributed by atoms with Gasteiger partial charge < -0.3 is 15.5 Å². The summed E-state index contributed by atoms with van der Waals surface area (Å²) >= 11 is 0. The second kappa shape index (κ2) is 9.46. The third kappa shape index (κ3) is 4.75. The molecule has 0 aliphatic carbocycles. The maximum atomic E-state index is 11.3. The number of unbranched alkanes of at least 4 members (excludes halogenated alkanes) is 2. The van der Waals surface area contributed by atoms with Crippen LogP contribution in [0.4, 0.5) is 0 Å². The molecule has 0 saturated heterocycles. The van der Waals surface area contributed by atoms with Gasteiger partial charge in [0.2, 0.25) is 0 Å². The zero-order valence-corrected chi connectivity index (χ0v) is 16.6. The standard InChI is InChI=1S/C22H28N4O2/c1-3-15(27)9-5-4-6-11-17(23)22-24-14-20(26-22)19-13-21(28-2)16-10-7-8-12-18(16)25-19/h7-8,10,12-14,17H,3-6,9,11,23H2,1-2H3,(H,24,26)/t17-/m0/s1. The molecule has 0 bridgehead atoms. The number of ketones is 1. The predicted molar refractivity (Wildman–Crippen MR) is 111 cm³/mol. The van der Waals surface area contributed by atoms with E-state index in [0.29, 0.717) is 18.6 Å². The fraction of sp³-hybridized carbons (Fsp3) is 0.409. The highest BCUT2D eigenvalue weighted by atomic mass is 16.5. The lowest BCUT2D eigenvalue weighted by atomic mass is 10.1. The van der Waals surface area contributed by atoms with E-state index in [-0.39, 0.29) is 6.04 Å². The number of ether oxygens (including phenoxy) is 1. The Morgan fingerprint density at radius 2 is 2.07 bits per heavy atom. The van der Waals surface area contributed by atoms with E-state index < -0.39 is 0 Å². The fourth-order valence-electron chi connectivity index (χ4n) is 3.28. The zero-order chi connectivity index (χ0) is 19.9. The first kappa shape index (κ1) is 20.0. The molecule has 1 aromatic carbocycles. The molecule has 2 aromatic heterocycles. The van der Waals surface area contributed by atoms with E-state index in [2.05, 4.69) is 9.97 Å². The Hall–Kier alpha value is -2.73. The smallest absolute Gasteiger partial charge is 0.132 e. The van der Waals surface area contributed by atoms with Crippen LogP contribution in [0.1, 0.15) is 57.3 Å². The van der Waals surface area contributed by atoms with Gasteiger partial charge in [-0.25, -0.2) is 9.97 Å². The minimum absolute atomic E-state index is 0.155. The van der Waals surface area contributed by atoms with Gasteiger partial charge in [0.15, 0.2) is 0 Å². The van der Waals surface area contributed by atoms with Crippen molar-refractivity contribution in [3.05, 3.63) is 42.4 Å². The number of nitrogens with zero attached hydrogens (tertiary/aromatic N) is 2. The highest BCUT2D eigenvalue weighted by Crippen LogP contribution is 2.29. The van der Waals surface area contributed by atoms with E-state index in [9.17, 15) is 4.79 Å². The lowest BCUT2D eigenvalue weighted by Crippen LogP contribution is -2.12. The first-order valence-electron chi connectivity index (χ1n) is 9.88. The number of H-pyrrole nitrogens is 1. The third-order valence-corrected chi connectivity index (χ3v) is 4.99. The lowest BCUT2D eigenvalue weighted by molar-refractivity contribution is -0.118. The highest BCUT2D eigenvalue weighted by molar-refractivity contribution is 5.87. The molecule has 1 atom stereocenters. The number of aromatic amines is 1. The van der Waals surface area contributed by atoms with Crippen LogP contribution in [0.3, 0.4) is 0 Å². The Labute approximate surface area is 165 Å². The topological polar surface area (TPSA) is 93.9 Å². The quantitative estimate of drug-likeness (QED) is 0.503.